The van der Waals surface area contributed by atoms with Gasteiger partial charge in [0.05, 0.1) is 13.2 Å². The van der Waals surface area contributed by atoms with Gasteiger partial charge in [0.2, 0.25) is 20.8 Å². The van der Waals surface area contributed by atoms with Crippen LogP contribution in [0.4, 0.5) is 0 Å². The minimum absolute atomic E-state index is 0. The Morgan fingerprint density at radius 3 is 0.592 bits per heavy atom. The zero-order valence-electron chi connectivity index (χ0n) is 32.2. The van der Waals surface area contributed by atoms with Gasteiger partial charge < -0.3 is 9.11 Å². The molecule has 0 bridgehead atoms. The molecular weight excluding hydrogens is 689 g/mol. The Morgan fingerprint density at radius 2 is 0.449 bits per heavy atom. The molecular formula is C38H78CaO8S2. The maximum Gasteiger partial charge on any atom is 2.00 e. The van der Waals surface area contributed by atoms with Crippen LogP contribution in [-0.2, 0) is 29.2 Å². The minimum Gasteiger partial charge on any atom is -0.726 e. The molecule has 0 aliphatic heterocycles. The van der Waals surface area contributed by atoms with E-state index in [1.165, 1.54) is 180 Å². The van der Waals surface area contributed by atoms with Crippen molar-refractivity contribution >= 4 is 58.5 Å². The molecule has 0 rings (SSSR count). The van der Waals surface area contributed by atoms with E-state index < -0.39 is 20.8 Å². The Labute approximate surface area is 335 Å². The van der Waals surface area contributed by atoms with E-state index in [0.717, 1.165) is 25.7 Å². The Bertz CT molecular complexity index is 758. The zero-order chi connectivity index (χ0) is 35.9. The Morgan fingerprint density at radius 1 is 0.306 bits per heavy atom. The summed E-state index contributed by atoms with van der Waals surface area (Å²) in [6.45, 7) is 4.59. The fourth-order valence-electron chi connectivity index (χ4n) is 5.98. The number of hydrogen-bond donors (Lipinski definition) is 0. The van der Waals surface area contributed by atoms with E-state index in [1.807, 2.05) is 0 Å². The molecule has 11 heteroatoms. The van der Waals surface area contributed by atoms with Gasteiger partial charge in [-0.3, -0.25) is 8.37 Å². The second kappa shape index (κ2) is 43.4. The van der Waals surface area contributed by atoms with Gasteiger partial charge in [-0.2, -0.15) is 0 Å². The molecule has 0 aromatic rings. The summed E-state index contributed by atoms with van der Waals surface area (Å²) in [6.07, 6.45) is 43.5. The Kier molecular flexibility index (Phi) is 48.1. The fourth-order valence-corrected chi connectivity index (χ4v) is 6.62. The van der Waals surface area contributed by atoms with Crippen LogP contribution in [0.5, 0.6) is 0 Å². The first-order chi connectivity index (χ1) is 23.1. The molecule has 0 saturated heterocycles. The summed E-state index contributed by atoms with van der Waals surface area (Å²) in [5.74, 6) is 0. The third kappa shape index (κ3) is 58.5. The predicted octanol–water partition coefficient (Wildman–Crippen LogP) is 11.8. The van der Waals surface area contributed by atoms with Crippen LogP contribution in [0.1, 0.15) is 232 Å². The molecule has 0 aromatic carbocycles. The first-order valence-electron chi connectivity index (χ1n) is 20.3. The van der Waals surface area contributed by atoms with Crippen LogP contribution >= 0.6 is 0 Å². The van der Waals surface area contributed by atoms with Crippen molar-refractivity contribution in [2.24, 2.45) is 0 Å². The molecule has 0 unspecified atom stereocenters. The summed E-state index contributed by atoms with van der Waals surface area (Å²) < 4.78 is 69.7. The molecule has 0 heterocycles. The third-order valence-corrected chi connectivity index (χ3v) is 9.86. The van der Waals surface area contributed by atoms with E-state index >= 15 is 0 Å². The van der Waals surface area contributed by atoms with Crippen molar-refractivity contribution in [1.29, 1.82) is 0 Å². The van der Waals surface area contributed by atoms with Gasteiger partial charge in [-0.1, -0.05) is 219 Å². The summed E-state index contributed by atoms with van der Waals surface area (Å²) in [6, 6.07) is 0. The largest absolute Gasteiger partial charge is 2.00 e. The van der Waals surface area contributed by atoms with Crippen LogP contribution in [0.3, 0.4) is 0 Å². The van der Waals surface area contributed by atoms with E-state index in [1.54, 1.807) is 0 Å². The van der Waals surface area contributed by atoms with E-state index in [0.29, 0.717) is 12.8 Å². The van der Waals surface area contributed by atoms with Crippen molar-refractivity contribution in [3.05, 3.63) is 0 Å². The Hall–Kier alpha value is 1.000. The van der Waals surface area contributed by atoms with Gasteiger partial charge in [0, 0.05) is 0 Å². The molecule has 0 aliphatic carbocycles. The monoisotopic (exact) mass is 766 g/mol. The molecule has 8 nitrogen and oxygen atoms in total. The van der Waals surface area contributed by atoms with Gasteiger partial charge >= 0.3 is 37.7 Å². The van der Waals surface area contributed by atoms with E-state index in [2.05, 4.69) is 22.2 Å². The molecule has 0 spiro atoms. The van der Waals surface area contributed by atoms with Crippen molar-refractivity contribution in [2.45, 2.75) is 232 Å². The van der Waals surface area contributed by atoms with Crippen molar-refractivity contribution < 1.29 is 34.3 Å². The summed E-state index contributed by atoms with van der Waals surface area (Å²) in [4.78, 5) is 0. The SMILES string of the molecule is CCCCCCCCCCCCCCCCCCCOS(=O)(=O)[O-].CCCCCCCCCCCCCCCCCCCOS(=O)(=O)[O-].[Ca+2]. The fraction of sp³-hybridized carbons (Fsp3) is 1.00. The van der Waals surface area contributed by atoms with E-state index in [-0.39, 0.29) is 51.0 Å². The molecule has 0 aliphatic rings. The minimum atomic E-state index is -4.50. The van der Waals surface area contributed by atoms with Gasteiger partial charge in [-0.15, -0.1) is 0 Å². The second-order valence-corrected chi connectivity index (χ2v) is 15.9. The maximum atomic E-state index is 10.2. The molecule has 0 amide bonds. The number of rotatable bonds is 38. The summed E-state index contributed by atoms with van der Waals surface area (Å²) in [7, 11) is -8.99. The topological polar surface area (TPSA) is 133 Å². The smallest absolute Gasteiger partial charge is 0.726 e. The first kappa shape index (κ1) is 54.3. The first-order valence-corrected chi connectivity index (χ1v) is 23.0. The molecule has 0 radical (unpaired) electrons. The molecule has 0 saturated carbocycles. The molecule has 0 atom stereocenters. The van der Waals surface area contributed by atoms with E-state index in [9.17, 15) is 25.9 Å². The van der Waals surface area contributed by atoms with Crippen LogP contribution in [0.15, 0.2) is 0 Å². The Balaban J connectivity index is -0.000000846. The quantitative estimate of drug-likeness (QED) is 0.0262. The van der Waals surface area contributed by atoms with Crippen molar-refractivity contribution in [3.8, 4) is 0 Å². The van der Waals surface area contributed by atoms with Gasteiger partial charge in [0.1, 0.15) is 0 Å². The van der Waals surface area contributed by atoms with Crippen molar-refractivity contribution in [1.82, 2.24) is 0 Å². The van der Waals surface area contributed by atoms with Crippen LogP contribution in [-0.4, -0.2) is 76.9 Å². The van der Waals surface area contributed by atoms with Gasteiger partial charge in [0.25, 0.3) is 0 Å². The predicted molar refractivity (Wildman–Crippen MR) is 205 cm³/mol. The number of unbranched alkanes of at least 4 members (excludes halogenated alkanes) is 32. The molecule has 0 N–H and O–H groups in total. The zero-order valence-corrected chi connectivity index (χ0v) is 36.1. The molecule has 0 fully saturated rings. The molecule has 49 heavy (non-hydrogen) atoms. The summed E-state index contributed by atoms with van der Waals surface area (Å²) in [5, 5.41) is 0. The van der Waals surface area contributed by atoms with E-state index in [4.69, 9.17) is 0 Å². The average molecular weight is 767 g/mol. The van der Waals surface area contributed by atoms with Gasteiger partial charge in [0.15, 0.2) is 0 Å². The van der Waals surface area contributed by atoms with Crippen molar-refractivity contribution in [2.75, 3.05) is 13.2 Å². The summed E-state index contributed by atoms with van der Waals surface area (Å²) in [5.41, 5.74) is 0. The molecule has 0 aromatic heterocycles. The summed E-state index contributed by atoms with van der Waals surface area (Å²) >= 11 is 0. The number of hydrogen-bond acceptors (Lipinski definition) is 8. The van der Waals surface area contributed by atoms with Crippen LogP contribution in [0, 0.1) is 0 Å². The third-order valence-electron chi connectivity index (χ3n) is 8.95. The van der Waals surface area contributed by atoms with Crippen LogP contribution < -0.4 is 0 Å². The standard InChI is InChI=1S/2C19H40O4S.Ca/c2*1-2-3-4-5-6-7-8-9-10-11-12-13-14-15-16-17-18-19-23-24(20,21)22;/h2*2-19H2,1H3,(H,20,21,22);/q;;+2/p-2. The normalized spacial score (nSPS) is 11.7. The van der Waals surface area contributed by atoms with Crippen LogP contribution in [0.25, 0.3) is 0 Å². The van der Waals surface area contributed by atoms with Gasteiger partial charge in [-0.05, 0) is 12.8 Å². The maximum absolute atomic E-state index is 10.2. The second-order valence-electron chi connectivity index (χ2n) is 13.8. The van der Waals surface area contributed by atoms with Crippen LogP contribution in [0.2, 0.25) is 0 Å². The van der Waals surface area contributed by atoms with Crippen molar-refractivity contribution in [3.63, 3.8) is 0 Å². The molecule has 292 valence electrons. The van der Waals surface area contributed by atoms with Gasteiger partial charge in [-0.25, -0.2) is 16.8 Å². The average Bonchev–Trinajstić information content (AvgIpc) is 3.03.